The number of carbonyl (C=O) groups excluding carboxylic acids is 1. The van der Waals surface area contributed by atoms with E-state index in [1.807, 2.05) is 31.2 Å². The predicted octanol–water partition coefficient (Wildman–Crippen LogP) is 7.03. The van der Waals surface area contributed by atoms with E-state index in [4.69, 9.17) is 4.42 Å². The first-order valence-corrected chi connectivity index (χ1v) is 15.6. The average Bonchev–Trinajstić information content (AvgIpc) is 3.29. The minimum atomic E-state index is -4.01. The van der Waals surface area contributed by atoms with Crippen molar-refractivity contribution in [3.63, 3.8) is 0 Å². The van der Waals surface area contributed by atoms with Gasteiger partial charge in [-0.1, -0.05) is 70.5 Å². The number of rotatable bonds is 12. The lowest BCUT2D eigenvalue weighted by Crippen LogP contribution is -2.44. The zero-order chi connectivity index (χ0) is 30.6. The molecule has 8 nitrogen and oxygen atoms in total. The Bertz CT molecular complexity index is 1670. The number of furan rings is 1. The molecule has 9 heteroatoms. The van der Waals surface area contributed by atoms with Gasteiger partial charge in [0.15, 0.2) is 5.76 Å². The molecule has 1 heterocycles. The molecule has 0 aliphatic heterocycles. The fourth-order valence-corrected chi connectivity index (χ4v) is 6.32. The van der Waals surface area contributed by atoms with Gasteiger partial charge in [0.2, 0.25) is 10.0 Å². The fourth-order valence-electron chi connectivity index (χ4n) is 4.98. The Labute approximate surface area is 247 Å². The highest BCUT2D eigenvalue weighted by Crippen LogP contribution is 2.31. The van der Waals surface area contributed by atoms with E-state index in [9.17, 15) is 23.1 Å². The molecule has 222 valence electrons. The molecule has 0 radical (unpaired) electrons. The Balaban J connectivity index is 1.46. The molecule has 42 heavy (non-hydrogen) atoms. The standard InChI is InChI=1S/C33H38N2O6S/c1-20(2)8-6-9-25-10-7-11-28-29(25)22(5)31(41-28)32(36)34-26-16-12-23(13-17-26)24-14-18-27(19-15-24)42(39,40)35-30(21(3)4)33(37)38/h7,10-21,30,35H,6,8-9H2,1-5H3,(H,34,36)(H,37,38). The van der Waals surface area contributed by atoms with Crippen molar-refractivity contribution >= 4 is 38.6 Å². The molecule has 3 aromatic carbocycles. The van der Waals surface area contributed by atoms with Crippen molar-refractivity contribution in [3.8, 4) is 11.1 Å². The second-order valence-corrected chi connectivity index (χ2v) is 13.1. The van der Waals surface area contributed by atoms with Gasteiger partial charge < -0.3 is 14.8 Å². The quantitative estimate of drug-likeness (QED) is 0.163. The number of carboxylic acid groups (broad SMARTS) is 1. The second-order valence-electron chi connectivity index (χ2n) is 11.4. The molecule has 0 fully saturated rings. The maximum atomic E-state index is 13.2. The van der Waals surface area contributed by atoms with Gasteiger partial charge in [0.25, 0.3) is 5.91 Å². The Hall–Kier alpha value is -3.95. The lowest BCUT2D eigenvalue weighted by atomic mass is 9.98. The van der Waals surface area contributed by atoms with Crippen molar-refractivity contribution in [3.05, 3.63) is 83.6 Å². The monoisotopic (exact) mass is 590 g/mol. The highest BCUT2D eigenvalue weighted by atomic mass is 32.2. The van der Waals surface area contributed by atoms with Crippen LogP contribution in [0.5, 0.6) is 0 Å². The first kappa shape index (κ1) is 31.0. The van der Waals surface area contributed by atoms with Crippen LogP contribution >= 0.6 is 0 Å². The van der Waals surface area contributed by atoms with Gasteiger partial charge >= 0.3 is 5.97 Å². The van der Waals surface area contributed by atoms with E-state index in [2.05, 4.69) is 30.0 Å². The average molecular weight is 591 g/mol. The number of carbonyl (C=O) groups is 2. The Morgan fingerprint density at radius 2 is 1.52 bits per heavy atom. The summed E-state index contributed by atoms with van der Waals surface area (Å²) in [5.74, 6) is -1.03. The van der Waals surface area contributed by atoms with Crippen LogP contribution in [0.3, 0.4) is 0 Å². The number of carboxylic acids is 1. The zero-order valence-corrected chi connectivity index (χ0v) is 25.4. The molecule has 0 aliphatic rings. The molecule has 0 bridgehead atoms. The summed E-state index contributed by atoms with van der Waals surface area (Å²) in [5.41, 5.74) is 4.90. The van der Waals surface area contributed by atoms with E-state index in [1.54, 1.807) is 38.1 Å². The van der Waals surface area contributed by atoms with Crippen LogP contribution in [0.1, 0.15) is 62.2 Å². The Kier molecular flexibility index (Phi) is 9.53. The van der Waals surface area contributed by atoms with Crippen LogP contribution in [-0.2, 0) is 21.2 Å². The number of aliphatic carboxylic acids is 1. The van der Waals surface area contributed by atoms with Crippen molar-refractivity contribution in [2.45, 2.75) is 64.8 Å². The highest BCUT2D eigenvalue weighted by Gasteiger charge is 2.28. The van der Waals surface area contributed by atoms with Crippen LogP contribution in [0, 0.1) is 18.8 Å². The maximum absolute atomic E-state index is 13.2. The van der Waals surface area contributed by atoms with Crippen LogP contribution in [0.15, 0.2) is 76.0 Å². The first-order chi connectivity index (χ1) is 19.9. The van der Waals surface area contributed by atoms with Crippen molar-refractivity contribution in [1.29, 1.82) is 0 Å². The SMILES string of the molecule is Cc1c(C(=O)Nc2ccc(-c3ccc(S(=O)(=O)NC(C(=O)O)C(C)C)cc3)cc2)oc2cccc(CCCC(C)C)c12. The molecular formula is C33H38N2O6S. The number of hydrogen-bond acceptors (Lipinski definition) is 5. The summed E-state index contributed by atoms with van der Waals surface area (Å²) < 4.78 is 33.7. The maximum Gasteiger partial charge on any atom is 0.322 e. The molecule has 0 aliphatic carbocycles. The number of nitrogens with one attached hydrogen (secondary N) is 2. The van der Waals surface area contributed by atoms with Crippen molar-refractivity contribution < 1.29 is 27.5 Å². The van der Waals surface area contributed by atoms with Gasteiger partial charge in [-0.05, 0) is 78.6 Å². The van der Waals surface area contributed by atoms with Gasteiger partial charge in [0.1, 0.15) is 11.6 Å². The van der Waals surface area contributed by atoms with E-state index in [0.717, 1.165) is 41.3 Å². The van der Waals surface area contributed by atoms with Crippen LogP contribution in [0.25, 0.3) is 22.1 Å². The second kappa shape index (κ2) is 12.9. The molecular weight excluding hydrogens is 552 g/mol. The molecule has 1 amide bonds. The van der Waals surface area contributed by atoms with Crippen LogP contribution in [-0.4, -0.2) is 31.4 Å². The van der Waals surface area contributed by atoms with Gasteiger partial charge in [0, 0.05) is 16.6 Å². The number of aryl methyl sites for hydroxylation is 2. The molecule has 3 N–H and O–H groups in total. The summed E-state index contributed by atoms with van der Waals surface area (Å²) in [6, 6.07) is 18.1. The van der Waals surface area contributed by atoms with E-state index >= 15 is 0 Å². The Morgan fingerprint density at radius 1 is 0.905 bits per heavy atom. The topological polar surface area (TPSA) is 126 Å². The molecule has 4 rings (SSSR count). The van der Waals surface area contributed by atoms with Gasteiger partial charge in [-0.2, -0.15) is 4.72 Å². The van der Waals surface area contributed by atoms with E-state index in [-0.39, 0.29) is 10.8 Å². The summed E-state index contributed by atoms with van der Waals surface area (Å²) >= 11 is 0. The molecule has 0 saturated carbocycles. The normalized spacial score (nSPS) is 12.6. The van der Waals surface area contributed by atoms with Gasteiger partial charge in [0.05, 0.1) is 4.90 Å². The van der Waals surface area contributed by atoms with E-state index < -0.39 is 28.0 Å². The molecule has 4 aromatic rings. The van der Waals surface area contributed by atoms with Crippen LogP contribution < -0.4 is 10.0 Å². The van der Waals surface area contributed by atoms with E-state index in [0.29, 0.717) is 22.9 Å². The third-order valence-corrected chi connectivity index (χ3v) is 8.79. The number of sulfonamides is 1. The minimum Gasteiger partial charge on any atom is -0.480 e. The first-order valence-electron chi connectivity index (χ1n) is 14.2. The third-order valence-electron chi connectivity index (χ3n) is 7.33. The smallest absolute Gasteiger partial charge is 0.322 e. The Morgan fingerprint density at radius 3 is 2.10 bits per heavy atom. The molecule has 0 saturated heterocycles. The van der Waals surface area contributed by atoms with Gasteiger partial charge in [-0.3, -0.25) is 9.59 Å². The predicted molar refractivity (Wildman–Crippen MR) is 165 cm³/mol. The lowest BCUT2D eigenvalue weighted by Gasteiger charge is -2.18. The highest BCUT2D eigenvalue weighted by molar-refractivity contribution is 7.89. The number of benzene rings is 3. The van der Waals surface area contributed by atoms with E-state index in [1.165, 1.54) is 17.7 Å². The van der Waals surface area contributed by atoms with Gasteiger partial charge in [-0.25, -0.2) is 8.42 Å². The number of amides is 1. The minimum absolute atomic E-state index is 0.0219. The van der Waals surface area contributed by atoms with Crippen LogP contribution in [0.2, 0.25) is 0 Å². The molecule has 1 aromatic heterocycles. The van der Waals surface area contributed by atoms with Gasteiger partial charge in [-0.15, -0.1) is 0 Å². The largest absolute Gasteiger partial charge is 0.480 e. The zero-order valence-electron chi connectivity index (χ0n) is 24.6. The molecule has 1 unspecified atom stereocenters. The number of hydrogen-bond donors (Lipinski definition) is 3. The summed E-state index contributed by atoms with van der Waals surface area (Å²) in [6.45, 7) is 9.63. The van der Waals surface area contributed by atoms with Crippen molar-refractivity contribution in [2.75, 3.05) is 5.32 Å². The summed E-state index contributed by atoms with van der Waals surface area (Å²) in [6.07, 6.45) is 3.15. The number of anilines is 1. The van der Waals surface area contributed by atoms with Crippen molar-refractivity contribution in [1.82, 2.24) is 4.72 Å². The van der Waals surface area contributed by atoms with Crippen molar-refractivity contribution in [2.24, 2.45) is 11.8 Å². The summed E-state index contributed by atoms with van der Waals surface area (Å²) in [5, 5.41) is 13.2. The fraction of sp³-hybridized carbons (Fsp3) is 0.333. The number of fused-ring (bicyclic) bond motifs is 1. The lowest BCUT2D eigenvalue weighted by molar-refractivity contribution is -0.140. The van der Waals surface area contributed by atoms with Crippen LogP contribution in [0.4, 0.5) is 5.69 Å². The third kappa shape index (κ3) is 7.09. The summed E-state index contributed by atoms with van der Waals surface area (Å²) in [4.78, 5) is 24.6. The molecule has 0 spiro atoms. The summed E-state index contributed by atoms with van der Waals surface area (Å²) in [7, 11) is -4.01. The molecule has 1 atom stereocenters.